The smallest absolute Gasteiger partial charge is 0.467 e. The second kappa shape index (κ2) is 17.0. The van der Waals surface area contributed by atoms with Gasteiger partial charge in [0.2, 0.25) is 5.12 Å². The Morgan fingerprint density at radius 2 is 1.73 bits per heavy atom. The molecule has 0 aliphatic carbocycles. The highest BCUT2D eigenvalue weighted by Crippen LogP contribution is 2.47. The second-order valence-electron chi connectivity index (χ2n) is 10.7. The molecule has 266 valence electrons. The summed E-state index contributed by atoms with van der Waals surface area (Å²) in [7, 11) is 2.76. The SMILES string of the molecule is COCC(=O)N(c1c(C)cccc1C)[C@H](C)C(=O)OC.CSC(=O)c1cccc2nnsc12.N#Cc1c[nH]cc1-c1cccc2c1OC(F)(F)O2. The molecule has 0 saturated carbocycles. The molecule has 0 radical (unpaired) electrons. The number of amides is 1. The van der Waals surface area contributed by atoms with Crippen LogP contribution in [0.2, 0.25) is 0 Å². The number of nitriles is 1. The largest absolute Gasteiger partial charge is 0.586 e. The first kappa shape index (κ1) is 38.4. The highest BCUT2D eigenvalue weighted by atomic mass is 32.2. The Bertz CT molecular complexity index is 2060. The Balaban J connectivity index is 0.000000175. The number of ether oxygens (including phenoxy) is 4. The van der Waals surface area contributed by atoms with Gasteiger partial charge in [-0.3, -0.25) is 14.5 Å². The first-order valence-corrected chi connectivity index (χ1v) is 17.1. The van der Waals surface area contributed by atoms with Crippen LogP contribution in [0.4, 0.5) is 14.5 Å². The van der Waals surface area contributed by atoms with Crippen LogP contribution in [0.1, 0.15) is 34.0 Å². The van der Waals surface area contributed by atoms with Crippen molar-refractivity contribution in [3.63, 3.8) is 0 Å². The molecule has 0 unspecified atom stereocenters. The lowest BCUT2D eigenvalue weighted by Crippen LogP contribution is -2.46. The molecule has 1 atom stereocenters. The topological polar surface area (TPSA) is 157 Å². The van der Waals surface area contributed by atoms with Gasteiger partial charge in [0.05, 0.1) is 23.1 Å². The standard InChI is InChI=1S/C15H21NO4.C12H6F2N2O2.C8H6N2OS2/c1-10-7-6-8-11(2)14(10)16(13(17)9-19-4)12(3)15(18)20-5;13-12(14)17-10-3-1-2-8(11(10)18-12)9-6-16-5-7(9)4-15;1-12-8(11)5-3-2-4-6-7(5)13-10-9-6/h6-8,12H,9H2,1-5H3;1-3,5-6,16H;2-4H,1H3/t12-;;/m1../s1. The predicted molar refractivity (Wildman–Crippen MR) is 189 cm³/mol. The molecule has 3 heterocycles. The summed E-state index contributed by atoms with van der Waals surface area (Å²) in [6.45, 7) is 5.36. The number of halogens is 2. The number of alkyl halides is 2. The molecule has 2 aromatic heterocycles. The van der Waals surface area contributed by atoms with E-state index >= 15 is 0 Å². The van der Waals surface area contributed by atoms with E-state index in [1.807, 2.05) is 50.2 Å². The number of rotatable bonds is 7. The van der Waals surface area contributed by atoms with E-state index in [4.69, 9.17) is 14.7 Å². The number of nitrogens with one attached hydrogen (secondary N) is 1. The maximum Gasteiger partial charge on any atom is 0.586 e. The minimum absolute atomic E-state index is 0.0393. The first-order valence-electron chi connectivity index (χ1n) is 15.1. The van der Waals surface area contributed by atoms with E-state index in [2.05, 4.69) is 24.0 Å². The fraction of sp³-hybridized carbons (Fsp3) is 0.257. The van der Waals surface area contributed by atoms with Gasteiger partial charge in [0.15, 0.2) is 11.5 Å². The van der Waals surface area contributed by atoms with Crippen molar-refractivity contribution in [1.29, 1.82) is 5.26 Å². The van der Waals surface area contributed by atoms with Gasteiger partial charge in [0.25, 0.3) is 5.91 Å². The molecule has 1 aliphatic rings. The first-order chi connectivity index (χ1) is 24.4. The molecule has 51 heavy (non-hydrogen) atoms. The summed E-state index contributed by atoms with van der Waals surface area (Å²) < 4.78 is 49.2. The van der Waals surface area contributed by atoms with Gasteiger partial charge >= 0.3 is 12.3 Å². The number of benzene rings is 3. The Kier molecular flexibility index (Phi) is 12.8. The van der Waals surface area contributed by atoms with E-state index in [-0.39, 0.29) is 29.1 Å². The monoisotopic (exact) mass is 737 g/mol. The van der Waals surface area contributed by atoms with Gasteiger partial charge in [-0.2, -0.15) is 5.26 Å². The third kappa shape index (κ3) is 8.87. The molecule has 16 heteroatoms. The van der Waals surface area contributed by atoms with Crippen molar-refractivity contribution in [1.82, 2.24) is 14.6 Å². The third-order valence-corrected chi connectivity index (χ3v) is 8.78. The quantitative estimate of drug-likeness (QED) is 0.173. The number of aryl methyl sites for hydroxylation is 2. The average molecular weight is 738 g/mol. The van der Waals surface area contributed by atoms with Crippen LogP contribution in [-0.2, 0) is 19.1 Å². The fourth-order valence-electron chi connectivity index (χ4n) is 5.12. The molecule has 0 bridgehead atoms. The molecular formula is C35H33F2N5O7S2. The van der Waals surface area contributed by atoms with Crippen molar-refractivity contribution in [2.45, 2.75) is 33.1 Å². The number of esters is 1. The molecule has 3 aromatic carbocycles. The number of thioether (sulfide) groups is 1. The summed E-state index contributed by atoms with van der Waals surface area (Å²) in [6, 6.07) is 17.0. The number of fused-ring (bicyclic) bond motifs is 2. The molecule has 0 fully saturated rings. The Morgan fingerprint density at radius 3 is 2.37 bits per heavy atom. The molecule has 12 nitrogen and oxygen atoms in total. The molecule has 1 N–H and O–H groups in total. The van der Waals surface area contributed by atoms with Crippen LogP contribution in [0.25, 0.3) is 21.3 Å². The van der Waals surface area contributed by atoms with Crippen LogP contribution in [-0.4, -0.2) is 71.0 Å². The van der Waals surface area contributed by atoms with Crippen molar-refractivity contribution < 1.29 is 42.1 Å². The van der Waals surface area contributed by atoms with Crippen LogP contribution in [0, 0.1) is 25.2 Å². The fourth-order valence-corrected chi connectivity index (χ4v) is 6.25. The van der Waals surface area contributed by atoms with Gasteiger partial charge in [-0.25, -0.2) is 4.79 Å². The number of hydrogen-bond acceptors (Lipinski definition) is 12. The number of aromatic amines is 1. The number of H-pyrrole nitrogens is 1. The van der Waals surface area contributed by atoms with Gasteiger partial charge in [0.1, 0.15) is 24.2 Å². The minimum Gasteiger partial charge on any atom is -0.467 e. The number of para-hydroxylation sites is 2. The summed E-state index contributed by atoms with van der Waals surface area (Å²) in [4.78, 5) is 39.7. The van der Waals surface area contributed by atoms with Gasteiger partial charge in [0, 0.05) is 36.2 Å². The molecule has 6 rings (SSSR count). The Morgan fingerprint density at radius 1 is 1.04 bits per heavy atom. The molecule has 1 amide bonds. The lowest BCUT2D eigenvalue weighted by molar-refractivity contribution is -0.286. The van der Waals surface area contributed by atoms with Crippen LogP contribution in [0.5, 0.6) is 11.5 Å². The zero-order chi connectivity index (χ0) is 37.3. The van der Waals surface area contributed by atoms with Crippen LogP contribution >= 0.6 is 23.3 Å². The van der Waals surface area contributed by atoms with E-state index in [9.17, 15) is 23.2 Å². The number of carbonyl (C=O) groups excluding carboxylic acids is 3. The zero-order valence-corrected chi connectivity index (χ0v) is 30.0. The van der Waals surface area contributed by atoms with Crippen LogP contribution in [0.15, 0.2) is 67.0 Å². The van der Waals surface area contributed by atoms with Crippen LogP contribution in [0.3, 0.4) is 0 Å². The summed E-state index contributed by atoms with van der Waals surface area (Å²) in [6.07, 6.45) is 1.15. The number of methoxy groups -OCH3 is 2. The van der Waals surface area contributed by atoms with E-state index in [0.717, 1.165) is 27.0 Å². The predicted octanol–water partition coefficient (Wildman–Crippen LogP) is 6.91. The maximum atomic E-state index is 13.0. The van der Waals surface area contributed by atoms with Crippen molar-refractivity contribution >= 4 is 56.2 Å². The summed E-state index contributed by atoms with van der Waals surface area (Å²) >= 11 is 2.47. The Hall–Kier alpha value is -5.37. The average Bonchev–Trinajstić information content (AvgIpc) is 3.87. The summed E-state index contributed by atoms with van der Waals surface area (Å²) in [5.74, 6) is -0.832. The number of nitrogens with zero attached hydrogens (tertiary/aromatic N) is 4. The summed E-state index contributed by atoms with van der Waals surface area (Å²) in [5.41, 5.74) is 5.31. The van der Waals surface area contributed by atoms with Crippen LogP contribution < -0.4 is 14.4 Å². The molecule has 5 aromatic rings. The molecule has 0 saturated heterocycles. The minimum atomic E-state index is -3.67. The van der Waals surface area contributed by atoms with Gasteiger partial charge in [-0.1, -0.05) is 52.6 Å². The lowest BCUT2D eigenvalue weighted by Gasteiger charge is -2.30. The Labute approximate surface area is 300 Å². The van der Waals surface area contributed by atoms with Crippen molar-refractivity contribution in [2.24, 2.45) is 0 Å². The van der Waals surface area contributed by atoms with Gasteiger partial charge in [-0.15, -0.1) is 13.9 Å². The van der Waals surface area contributed by atoms with E-state index in [1.165, 1.54) is 54.7 Å². The van der Waals surface area contributed by atoms with Crippen molar-refractivity contribution in [2.75, 3.05) is 32.0 Å². The third-order valence-electron chi connectivity index (χ3n) is 7.41. The number of carbonyl (C=O) groups is 3. The number of hydrogen-bond donors (Lipinski definition) is 1. The second-order valence-corrected chi connectivity index (χ2v) is 12.3. The molecule has 1 aliphatic heterocycles. The number of anilines is 1. The normalized spacial score (nSPS) is 12.8. The van der Waals surface area contributed by atoms with Gasteiger partial charge < -0.3 is 23.9 Å². The maximum absolute atomic E-state index is 13.0. The van der Waals surface area contributed by atoms with E-state index < -0.39 is 18.3 Å². The van der Waals surface area contributed by atoms with E-state index in [1.54, 1.807) is 37.6 Å². The van der Waals surface area contributed by atoms with Crippen molar-refractivity contribution in [3.8, 4) is 28.7 Å². The van der Waals surface area contributed by atoms with E-state index in [0.29, 0.717) is 22.3 Å². The highest BCUT2D eigenvalue weighted by Gasteiger charge is 2.44. The summed E-state index contributed by atoms with van der Waals surface area (Å²) in [5, 5.41) is 12.9. The number of aromatic nitrogens is 3. The zero-order valence-electron chi connectivity index (χ0n) is 28.4. The highest BCUT2D eigenvalue weighted by molar-refractivity contribution is 8.13. The molecular weight excluding hydrogens is 705 g/mol. The van der Waals surface area contributed by atoms with Crippen molar-refractivity contribution in [3.05, 3.63) is 89.2 Å². The van der Waals surface area contributed by atoms with Gasteiger partial charge in [-0.05, 0) is 67.9 Å². The molecule has 0 spiro atoms. The lowest BCUT2D eigenvalue weighted by atomic mass is 10.0.